The molecule has 1 unspecified atom stereocenters. The standard InChI is InChI=1S/C14H22N2OS2/c1-14(2,3)15-13(17)16-7-6-12(19-10-8-16)11-5-4-9-18-11/h4-5,9,12H,6-8,10H2,1-3H3,(H,15,17). The summed E-state index contributed by atoms with van der Waals surface area (Å²) in [6, 6.07) is 4.38. The Kier molecular flexibility index (Phi) is 4.79. The lowest BCUT2D eigenvalue weighted by atomic mass is 10.1. The van der Waals surface area contributed by atoms with Gasteiger partial charge in [0.2, 0.25) is 0 Å². The Morgan fingerprint density at radius 1 is 1.42 bits per heavy atom. The van der Waals surface area contributed by atoms with Crippen LogP contribution in [-0.4, -0.2) is 35.3 Å². The van der Waals surface area contributed by atoms with Crippen LogP contribution in [-0.2, 0) is 0 Å². The molecule has 1 N–H and O–H groups in total. The lowest BCUT2D eigenvalue weighted by Crippen LogP contribution is -2.49. The van der Waals surface area contributed by atoms with Crippen LogP contribution in [0.25, 0.3) is 0 Å². The fourth-order valence-electron chi connectivity index (χ4n) is 2.08. The van der Waals surface area contributed by atoms with Gasteiger partial charge in [0.25, 0.3) is 0 Å². The van der Waals surface area contributed by atoms with Gasteiger partial charge in [-0.15, -0.1) is 11.3 Å². The van der Waals surface area contributed by atoms with Crippen LogP contribution in [0.5, 0.6) is 0 Å². The van der Waals surface area contributed by atoms with Crippen molar-refractivity contribution < 1.29 is 4.79 Å². The third-order valence-corrected chi connectivity index (χ3v) is 5.42. The second-order valence-corrected chi connectivity index (χ2v) is 8.12. The second-order valence-electron chi connectivity index (χ2n) is 5.83. The van der Waals surface area contributed by atoms with Crippen LogP contribution >= 0.6 is 23.1 Å². The van der Waals surface area contributed by atoms with Crippen molar-refractivity contribution >= 4 is 29.1 Å². The maximum atomic E-state index is 12.2. The van der Waals surface area contributed by atoms with Gasteiger partial charge in [0.1, 0.15) is 0 Å². The highest BCUT2D eigenvalue weighted by atomic mass is 32.2. The first-order chi connectivity index (χ1) is 8.96. The molecule has 1 fully saturated rings. The molecule has 1 saturated heterocycles. The number of nitrogens with one attached hydrogen (secondary N) is 1. The van der Waals surface area contributed by atoms with Crippen LogP contribution in [0.4, 0.5) is 4.79 Å². The molecule has 1 aliphatic heterocycles. The summed E-state index contributed by atoms with van der Waals surface area (Å²) in [6.07, 6.45) is 1.04. The van der Waals surface area contributed by atoms with Gasteiger partial charge in [-0.05, 0) is 38.6 Å². The molecule has 1 aliphatic rings. The molecule has 106 valence electrons. The minimum Gasteiger partial charge on any atom is -0.333 e. The molecule has 0 aromatic carbocycles. The van der Waals surface area contributed by atoms with Gasteiger partial charge in [0, 0.05) is 34.5 Å². The molecule has 0 spiro atoms. The highest BCUT2D eigenvalue weighted by Crippen LogP contribution is 2.36. The van der Waals surface area contributed by atoms with E-state index in [1.807, 2.05) is 48.8 Å². The Morgan fingerprint density at radius 2 is 2.21 bits per heavy atom. The third-order valence-electron chi connectivity index (χ3n) is 2.97. The number of nitrogens with zero attached hydrogens (tertiary/aromatic N) is 1. The average Bonchev–Trinajstić information content (AvgIpc) is 2.71. The molecule has 0 radical (unpaired) electrons. The Hall–Kier alpha value is -0.680. The number of urea groups is 1. The van der Waals surface area contributed by atoms with E-state index in [1.54, 1.807) is 0 Å². The maximum absolute atomic E-state index is 12.2. The SMILES string of the molecule is CC(C)(C)NC(=O)N1CCSC(c2cccs2)CC1. The quantitative estimate of drug-likeness (QED) is 0.856. The highest BCUT2D eigenvalue weighted by Gasteiger charge is 2.24. The summed E-state index contributed by atoms with van der Waals surface area (Å²) >= 11 is 3.79. The molecule has 2 heterocycles. The van der Waals surface area contributed by atoms with E-state index in [0.29, 0.717) is 5.25 Å². The van der Waals surface area contributed by atoms with Crippen molar-refractivity contribution in [2.75, 3.05) is 18.8 Å². The van der Waals surface area contributed by atoms with E-state index in [1.165, 1.54) is 4.88 Å². The molecular weight excluding hydrogens is 276 g/mol. The van der Waals surface area contributed by atoms with Gasteiger partial charge in [-0.2, -0.15) is 11.8 Å². The molecule has 0 saturated carbocycles. The molecule has 0 aliphatic carbocycles. The predicted octanol–water partition coefficient (Wildman–Crippen LogP) is 3.74. The average molecular weight is 298 g/mol. The summed E-state index contributed by atoms with van der Waals surface area (Å²) in [4.78, 5) is 15.6. The summed E-state index contributed by atoms with van der Waals surface area (Å²) in [5.74, 6) is 1.01. The van der Waals surface area contributed by atoms with Crippen molar-refractivity contribution in [3.63, 3.8) is 0 Å². The van der Waals surface area contributed by atoms with E-state index in [9.17, 15) is 4.79 Å². The minimum absolute atomic E-state index is 0.0694. The number of rotatable bonds is 1. The normalized spacial score (nSPS) is 21.0. The highest BCUT2D eigenvalue weighted by molar-refractivity contribution is 7.99. The molecular formula is C14H22N2OS2. The smallest absolute Gasteiger partial charge is 0.317 e. The third kappa shape index (κ3) is 4.42. The van der Waals surface area contributed by atoms with Crippen molar-refractivity contribution in [2.45, 2.75) is 38.0 Å². The zero-order valence-corrected chi connectivity index (χ0v) is 13.4. The summed E-state index contributed by atoms with van der Waals surface area (Å²) in [7, 11) is 0. The first kappa shape index (κ1) is 14.7. The molecule has 2 rings (SSSR count). The van der Waals surface area contributed by atoms with Crippen LogP contribution < -0.4 is 5.32 Å². The van der Waals surface area contributed by atoms with E-state index < -0.39 is 0 Å². The number of hydrogen-bond acceptors (Lipinski definition) is 3. The maximum Gasteiger partial charge on any atom is 0.317 e. The van der Waals surface area contributed by atoms with E-state index in [2.05, 4.69) is 22.8 Å². The van der Waals surface area contributed by atoms with Crippen molar-refractivity contribution in [3.8, 4) is 0 Å². The van der Waals surface area contributed by atoms with Crippen LogP contribution in [0.1, 0.15) is 37.3 Å². The van der Waals surface area contributed by atoms with E-state index in [4.69, 9.17) is 0 Å². The zero-order chi connectivity index (χ0) is 13.9. The van der Waals surface area contributed by atoms with Crippen molar-refractivity contribution in [3.05, 3.63) is 22.4 Å². The number of thioether (sulfide) groups is 1. The van der Waals surface area contributed by atoms with Crippen molar-refractivity contribution in [1.29, 1.82) is 0 Å². The van der Waals surface area contributed by atoms with Crippen molar-refractivity contribution in [1.82, 2.24) is 10.2 Å². The zero-order valence-electron chi connectivity index (χ0n) is 11.8. The number of carbonyl (C=O) groups is 1. The van der Waals surface area contributed by atoms with Gasteiger partial charge in [-0.3, -0.25) is 0 Å². The lowest BCUT2D eigenvalue weighted by Gasteiger charge is -2.27. The monoisotopic (exact) mass is 298 g/mol. The Labute approximate surface area is 123 Å². The second kappa shape index (κ2) is 6.18. The summed E-state index contributed by atoms with van der Waals surface area (Å²) in [6.45, 7) is 7.75. The largest absolute Gasteiger partial charge is 0.333 e. The fourth-order valence-corrected chi connectivity index (χ4v) is 4.31. The minimum atomic E-state index is -0.163. The van der Waals surface area contributed by atoms with Gasteiger partial charge in [0.05, 0.1) is 0 Å². The van der Waals surface area contributed by atoms with Crippen LogP contribution in [0.3, 0.4) is 0 Å². The molecule has 0 bridgehead atoms. The number of amides is 2. The summed E-state index contributed by atoms with van der Waals surface area (Å²) in [5.41, 5.74) is -0.163. The number of thiophene rings is 1. The van der Waals surface area contributed by atoms with Crippen LogP contribution in [0.15, 0.2) is 17.5 Å². The Bertz CT molecular complexity index is 412. The first-order valence-corrected chi connectivity index (χ1v) is 8.61. The lowest BCUT2D eigenvalue weighted by molar-refractivity contribution is 0.192. The molecule has 5 heteroatoms. The molecule has 1 aromatic heterocycles. The van der Waals surface area contributed by atoms with Gasteiger partial charge < -0.3 is 10.2 Å². The van der Waals surface area contributed by atoms with Crippen molar-refractivity contribution in [2.24, 2.45) is 0 Å². The van der Waals surface area contributed by atoms with Gasteiger partial charge in [-0.25, -0.2) is 4.79 Å². The molecule has 3 nitrogen and oxygen atoms in total. The molecule has 2 amide bonds. The Balaban J connectivity index is 1.91. The van der Waals surface area contributed by atoms with E-state index in [0.717, 1.165) is 25.3 Å². The number of hydrogen-bond donors (Lipinski definition) is 1. The predicted molar refractivity (Wildman–Crippen MR) is 84.0 cm³/mol. The fraction of sp³-hybridized carbons (Fsp3) is 0.643. The van der Waals surface area contributed by atoms with Crippen LogP contribution in [0.2, 0.25) is 0 Å². The van der Waals surface area contributed by atoms with E-state index >= 15 is 0 Å². The molecule has 1 atom stereocenters. The van der Waals surface area contributed by atoms with Crippen LogP contribution in [0, 0.1) is 0 Å². The van der Waals surface area contributed by atoms with E-state index in [-0.39, 0.29) is 11.6 Å². The van der Waals surface area contributed by atoms with Gasteiger partial charge in [0.15, 0.2) is 0 Å². The summed E-state index contributed by atoms with van der Waals surface area (Å²) in [5, 5.41) is 5.72. The number of carbonyl (C=O) groups excluding carboxylic acids is 1. The molecule has 1 aromatic rings. The molecule has 19 heavy (non-hydrogen) atoms. The topological polar surface area (TPSA) is 32.3 Å². The first-order valence-electron chi connectivity index (χ1n) is 6.68. The summed E-state index contributed by atoms with van der Waals surface area (Å²) < 4.78 is 0. The van der Waals surface area contributed by atoms with Gasteiger partial charge in [-0.1, -0.05) is 6.07 Å². The van der Waals surface area contributed by atoms with Gasteiger partial charge >= 0.3 is 6.03 Å². The Morgan fingerprint density at radius 3 is 2.84 bits per heavy atom.